The van der Waals surface area contributed by atoms with Gasteiger partial charge in [0.05, 0.1) is 6.04 Å². The lowest BCUT2D eigenvalue weighted by Crippen LogP contribution is -2.72. The topological polar surface area (TPSA) is 413 Å². The van der Waals surface area contributed by atoms with Crippen LogP contribution in [0.1, 0.15) is 96.2 Å². The maximum absolute atomic E-state index is 14.1. The smallest absolute Gasteiger partial charge is 0.351 e. The summed E-state index contributed by atoms with van der Waals surface area (Å²) in [4.78, 5) is 186. The standard InChI is InChI=1S/C47H63N5O27/c1-18(53)48-33-14-15-52(47(66)51-33)45-44(76-30(13)65)39(72-26(9)61)35(50-20(3)55)38(78-45)42(43(75-29(12)64)41(74-28(11)63)37(71-25(8)60)32(69-23(6)58)17-68-22(5)57)79-46-40(73-27(10)62)34(49-19(2)54)36(70-24(7)59)31(77-46)16-67-21(4)56/h14-15,31-32,34-46H,16-17H2,1-13H3,(H,49,54)(H,50,55)(H,48,51,53,66)/t31-,32-,34+,35-,36-,37-,38+,39+,40-,41+,42?,43+,44-,45-,46+/m1/s1. The second kappa shape index (κ2) is 29.6. The fourth-order valence-electron chi connectivity index (χ4n) is 8.38. The lowest BCUT2D eigenvalue weighted by molar-refractivity contribution is -0.332. The highest BCUT2D eigenvalue weighted by Gasteiger charge is 2.61. The summed E-state index contributed by atoms with van der Waals surface area (Å²) in [6, 6.07) is -2.74. The quantitative estimate of drug-likeness (QED) is 0.0773. The van der Waals surface area contributed by atoms with E-state index in [1.54, 1.807) is 0 Å². The van der Waals surface area contributed by atoms with Gasteiger partial charge in [-0.2, -0.15) is 4.98 Å². The molecule has 0 bridgehead atoms. The van der Waals surface area contributed by atoms with E-state index in [1.165, 1.54) is 0 Å². The van der Waals surface area contributed by atoms with Crippen molar-refractivity contribution in [3.8, 4) is 0 Å². The first-order valence-corrected chi connectivity index (χ1v) is 23.8. The van der Waals surface area contributed by atoms with Crippen LogP contribution in [0.15, 0.2) is 17.1 Å². The van der Waals surface area contributed by atoms with Crippen LogP contribution in [0.3, 0.4) is 0 Å². The molecular weight excluding hydrogens is 1070 g/mol. The van der Waals surface area contributed by atoms with Crippen molar-refractivity contribution in [2.75, 3.05) is 18.5 Å². The number of ether oxygens (including phenoxy) is 13. The number of nitrogens with zero attached hydrogens (tertiary/aromatic N) is 2. The second-order valence-corrected chi connectivity index (χ2v) is 17.5. The molecule has 0 spiro atoms. The number of rotatable bonds is 23. The molecule has 3 amide bonds. The molecule has 79 heavy (non-hydrogen) atoms. The predicted molar refractivity (Wildman–Crippen MR) is 253 cm³/mol. The van der Waals surface area contributed by atoms with Crippen LogP contribution in [0.25, 0.3) is 0 Å². The SMILES string of the molecule is CC(=O)Nc1ccn([C@@H]2O[C@H](C(O[C@@H]3O[C@H](COC(C)=O)[C@@H](OC(C)=O)[C@H](NC(C)=O)[C@H]3OC(C)=O)[C@@H](OC(C)=O)[C@@H](OC(C)=O)[C@H](OC(C)=O)[C@@H](COC(C)=O)OC(C)=O)[C@@H](NC(C)=O)[C@H](OC(C)=O)[C@H]2OC(C)=O)c(=O)n1. The van der Waals surface area contributed by atoms with E-state index in [4.69, 9.17) is 61.6 Å². The largest absolute Gasteiger partial charge is 0.463 e. The van der Waals surface area contributed by atoms with Gasteiger partial charge in [-0.3, -0.25) is 66.9 Å². The fourth-order valence-corrected chi connectivity index (χ4v) is 8.38. The third-order valence-electron chi connectivity index (χ3n) is 10.7. The molecule has 2 saturated heterocycles. The molecule has 2 aliphatic heterocycles. The van der Waals surface area contributed by atoms with Crippen molar-refractivity contribution < 1.29 is 124 Å². The Labute approximate surface area is 449 Å². The molecule has 1 aromatic heterocycles. The Bertz CT molecular complexity index is 2530. The number of carbonyl (C=O) groups is 13. The minimum atomic E-state index is -2.53. The van der Waals surface area contributed by atoms with Crippen molar-refractivity contribution in [1.29, 1.82) is 0 Å². The summed E-state index contributed by atoms with van der Waals surface area (Å²) in [6.45, 7) is 10.0. The first-order valence-electron chi connectivity index (χ1n) is 23.8. The molecule has 0 aliphatic carbocycles. The number of carbonyl (C=O) groups excluding carboxylic acids is 13. The maximum Gasteiger partial charge on any atom is 0.351 e. The summed E-state index contributed by atoms with van der Waals surface area (Å²) in [5, 5.41) is 7.26. The molecule has 0 saturated carbocycles. The number of anilines is 1. The highest BCUT2D eigenvalue weighted by molar-refractivity contribution is 5.87. The monoisotopic (exact) mass is 1130 g/mol. The zero-order valence-corrected chi connectivity index (χ0v) is 45.1. The van der Waals surface area contributed by atoms with E-state index in [1.807, 2.05) is 0 Å². The van der Waals surface area contributed by atoms with Gasteiger partial charge in [-0.1, -0.05) is 0 Å². The van der Waals surface area contributed by atoms with E-state index < -0.39 is 188 Å². The summed E-state index contributed by atoms with van der Waals surface area (Å²) in [7, 11) is 0. The van der Waals surface area contributed by atoms with Gasteiger partial charge in [0.25, 0.3) is 0 Å². The molecule has 0 aromatic carbocycles. The van der Waals surface area contributed by atoms with Crippen molar-refractivity contribution in [2.24, 2.45) is 0 Å². The first kappa shape index (κ1) is 65.2. The van der Waals surface area contributed by atoms with Gasteiger partial charge in [-0.25, -0.2) is 4.79 Å². The highest BCUT2D eigenvalue weighted by Crippen LogP contribution is 2.39. The predicted octanol–water partition coefficient (Wildman–Crippen LogP) is -2.20. The molecule has 3 heterocycles. The number of aromatic nitrogens is 2. The van der Waals surface area contributed by atoms with Crippen LogP contribution < -0.4 is 21.6 Å². The zero-order chi connectivity index (χ0) is 59.7. The Morgan fingerprint density at radius 2 is 1.01 bits per heavy atom. The normalized spacial score (nSPS) is 24.3. The third kappa shape index (κ3) is 20.0. The Balaban J connectivity index is 2.77. The van der Waals surface area contributed by atoms with Crippen molar-refractivity contribution in [2.45, 2.75) is 182 Å². The number of amides is 3. The fraction of sp³-hybridized carbons (Fsp3) is 0.638. The molecule has 1 aromatic rings. The van der Waals surface area contributed by atoms with E-state index in [9.17, 15) is 67.1 Å². The molecule has 15 atom stereocenters. The van der Waals surface area contributed by atoms with Crippen LogP contribution in [0.2, 0.25) is 0 Å². The second-order valence-electron chi connectivity index (χ2n) is 17.5. The van der Waals surface area contributed by atoms with Crippen LogP contribution >= 0.6 is 0 Å². The number of nitrogens with one attached hydrogen (secondary N) is 3. The molecule has 2 aliphatic rings. The van der Waals surface area contributed by atoms with Gasteiger partial charge in [-0.15, -0.1) is 0 Å². The van der Waals surface area contributed by atoms with Crippen molar-refractivity contribution in [3.63, 3.8) is 0 Å². The number of esters is 10. The lowest BCUT2D eigenvalue weighted by Gasteiger charge is -2.51. The van der Waals surface area contributed by atoms with Crippen molar-refractivity contribution in [3.05, 3.63) is 22.7 Å². The van der Waals surface area contributed by atoms with Gasteiger partial charge in [0.15, 0.2) is 61.3 Å². The van der Waals surface area contributed by atoms with Crippen molar-refractivity contribution in [1.82, 2.24) is 20.2 Å². The van der Waals surface area contributed by atoms with Crippen LogP contribution in [-0.4, -0.2) is 186 Å². The summed E-state index contributed by atoms with van der Waals surface area (Å²) in [6.07, 6.45) is -27.3. The number of hydrogen-bond acceptors (Lipinski definition) is 28. The molecule has 32 nitrogen and oxygen atoms in total. The molecule has 1 unspecified atom stereocenters. The average Bonchev–Trinajstić information content (AvgIpc) is 3.33. The Morgan fingerprint density at radius 3 is 1.49 bits per heavy atom. The minimum Gasteiger partial charge on any atom is -0.463 e. The van der Waals surface area contributed by atoms with Gasteiger partial charge in [0.1, 0.15) is 43.4 Å². The van der Waals surface area contributed by atoms with E-state index in [2.05, 4.69) is 20.9 Å². The zero-order valence-electron chi connectivity index (χ0n) is 45.1. The van der Waals surface area contributed by atoms with Gasteiger partial charge in [-0.05, 0) is 6.07 Å². The van der Waals surface area contributed by atoms with Crippen LogP contribution in [0, 0.1) is 0 Å². The Kier molecular flexibility index (Phi) is 24.4. The Hall–Kier alpha value is -8.13. The molecule has 2 fully saturated rings. The van der Waals surface area contributed by atoms with E-state index in [-0.39, 0.29) is 5.82 Å². The van der Waals surface area contributed by atoms with Gasteiger partial charge < -0.3 is 77.5 Å². The maximum atomic E-state index is 14.1. The molecule has 3 N–H and O–H groups in total. The van der Waals surface area contributed by atoms with Crippen LogP contribution in [-0.2, 0) is 124 Å². The van der Waals surface area contributed by atoms with Crippen molar-refractivity contribution >= 4 is 83.2 Å². The molecule has 438 valence electrons. The molecule has 0 radical (unpaired) electrons. The molecule has 3 rings (SSSR count). The summed E-state index contributed by atoms with van der Waals surface area (Å²) >= 11 is 0. The van der Waals surface area contributed by atoms with Gasteiger partial charge in [0, 0.05) is 96.2 Å². The first-order chi connectivity index (χ1) is 36.8. The van der Waals surface area contributed by atoms with Gasteiger partial charge in [0.2, 0.25) is 17.7 Å². The average molecular weight is 1130 g/mol. The molecular formula is C47H63N5O27. The van der Waals surface area contributed by atoms with Crippen LogP contribution in [0.5, 0.6) is 0 Å². The minimum absolute atomic E-state index is 0.319. The van der Waals surface area contributed by atoms with E-state index in [0.717, 1.165) is 102 Å². The van der Waals surface area contributed by atoms with E-state index >= 15 is 0 Å². The third-order valence-corrected chi connectivity index (χ3v) is 10.7. The summed E-state index contributed by atoms with van der Waals surface area (Å²) in [5.41, 5.74) is -1.28. The van der Waals surface area contributed by atoms with E-state index in [0.29, 0.717) is 4.57 Å². The lowest BCUT2D eigenvalue weighted by atomic mass is 9.86. The highest BCUT2D eigenvalue weighted by atomic mass is 16.7. The number of hydrogen-bond donors (Lipinski definition) is 3. The molecule has 32 heteroatoms. The summed E-state index contributed by atoms with van der Waals surface area (Å²) < 4.78 is 76.1. The van der Waals surface area contributed by atoms with Gasteiger partial charge >= 0.3 is 65.4 Å². The Morgan fingerprint density at radius 1 is 0.532 bits per heavy atom. The summed E-state index contributed by atoms with van der Waals surface area (Å²) in [5.74, 6) is -14.2. The van der Waals surface area contributed by atoms with Crippen LogP contribution in [0.4, 0.5) is 5.82 Å².